The number of methoxy groups -OCH3 is 2. The van der Waals surface area contributed by atoms with Gasteiger partial charge in [0.2, 0.25) is 11.8 Å². The Hall–Kier alpha value is -6.88. The number of nitrogens with zero attached hydrogens (tertiary/aromatic N) is 3. The molecule has 0 spiro atoms. The van der Waals surface area contributed by atoms with Crippen molar-refractivity contribution in [3.05, 3.63) is 120 Å². The summed E-state index contributed by atoms with van der Waals surface area (Å²) >= 11 is 0. The number of benzene rings is 3. The van der Waals surface area contributed by atoms with E-state index in [1.54, 1.807) is 11.1 Å². The first kappa shape index (κ1) is 44.8. The Bertz CT molecular complexity index is 2080. The maximum atomic E-state index is 12.7. The zero-order valence-electron chi connectivity index (χ0n) is 34.2. The van der Waals surface area contributed by atoms with E-state index in [1.165, 1.54) is 20.6 Å². The molecule has 1 unspecified atom stereocenters. The summed E-state index contributed by atoms with van der Waals surface area (Å²) in [6, 6.07) is 27.7. The van der Waals surface area contributed by atoms with Crippen molar-refractivity contribution in [2.75, 3.05) is 40.4 Å². The summed E-state index contributed by atoms with van der Waals surface area (Å²) in [5, 5.41) is 7.55. The predicted octanol–water partition coefficient (Wildman–Crippen LogP) is 6.78. The minimum atomic E-state index is -0.639. The molecule has 1 aliphatic heterocycles. The molecule has 6 rings (SSSR count). The maximum absolute atomic E-state index is 12.7. The fourth-order valence-electron chi connectivity index (χ4n) is 5.89. The van der Waals surface area contributed by atoms with Crippen LogP contribution in [0, 0.1) is 11.8 Å². The van der Waals surface area contributed by atoms with Crippen LogP contribution in [-0.4, -0.2) is 89.2 Å². The van der Waals surface area contributed by atoms with E-state index in [4.69, 9.17) is 0 Å². The molecule has 14 heteroatoms. The number of hydrogen-bond acceptors (Lipinski definition) is 8. The normalized spacial score (nSPS) is 12.6. The van der Waals surface area contributed by atoms with Gasteiger partial charge in [-0.1, -0.05) is 92.8 Å². The smallest absolute Gasteiger partial charge is 0.407 e. The van der Waals surface area contributed by atoms with Crippen molar-refractivity contribution in [2.45, 2.75) is 58.4 Å². The van der Waals surface area contributed by atoms with Gasteiger partial charge in [-0.2, -0.15) is 0 Å². The Morgan fingerprint density at radius 1 is 0.729 bits per heavy atom. The Kier molecular flexibility index (Phi) is 18.8. The van der Waals surface area contributed by atoms with Gasteiger partial charge in [-0.25, -0.2) is 19.6 Å². The van der Waals surface area contributed by atoms with E-state index in [-0.39, 0.29) is 30.9 Å². The number of nitrogens with one attached hydrogen (secondary N) is 5. The highest BCUT2D eigenvalue weighted by atomic mass is 16.5. The summed E-state index contributed by atoms with van der Waals surface area (Å²) in [6.45, 7) is 5.13. The highest BCUT2D eigenvalue weighted by Gasteiger charge is 2.32. The van der Waals surface area contributed by atoms with E-state index in [0.29, 0.717) is 18.9 Å². The molecule has 3 aromatic carbocycles. The van der Waals surface area contributed by atoms with E-state index in [0.717, 1.165) is 71.6 Å². The summed E-state index contributed by atoms with van der Waals surface area (Å²) < 4.78 is 8.99. The first-order valence-corrected chi connectivity index (χ1v) is 19.8. The number of aromatic nitrogens is 4. The fourth-order valence-corrected chi connectivity index (χ4v) is 5.89. The minimum absolute atomic E-state index is 0.117. The summed E-state index contributed by atoms with van der Waals surface area (Å²) in [7, 11) is 2.51. The van der Waals surface area contributed by atoms with Gasteiger partial charge in [-0.3, -0.25) is 9.59 Å². The molecule has 3 heterocycles. The van der Waals surface area contributed by atoms with Crippen LogP contribution in [-0.2, 0) is 25.5 Å². The quantitative estimate of drug-likeness (QED) is 0.0675. The molecule has 59 heavy (non-hydrogen) atoms. The summed E-state index contributed by atoms with van der Waals surface area (Å²) in [6.07, 6.45) is 7.58. The molecule has 0 aliphatic carbocycles. The van der Waals surface area contributed by atoms with Crippen molar-refractivity contribution in [1.82, 2.24) is 40.8 Å². The lowest BCUT2D eigenvalue weighted by atomic mass is 10.1. The van der Waals surface area contributed by atoms with Crippen molar-refractivity contribution in [3.63, 3.8) is 0 Å². The number of H-pyrrole nitrogens is 2. The van der Waals surface area contributed by atoms with E-state index >= 15 is 0 Å². The molecule has 0 bridgehead atoms. The van der Waals surface area contributed by atoms with Gasteiger partial charge in [0.15, 0.2) is 0 Å². The number of carbonyl (C=O) groups excluding carboxylic acids is 4. The van der Waals surface area contributed by atoms with Gasteiger partial charge in [0, 0.05) is 30.6 Å². The first-order valence-electron chi connectivity index (χ1n) is 19.8. The van der Waals surface area contributed by atoms with Crippen molar-refractivity contribution in [3.8, 4) is 34.4 Å². The topological polar surface area (TPSA) is 183 Å². The lowest BCUT2D eigenvalue weighted by molar-refractivity contribution is -0.131. The second-order valence-corrected chi connectivity index (χ2v) is 13.4. The van der Waals surface area contributed by atoms with Crippen molar-refractivity contribution in [1.29, 1.82) is 0 Å². The molecule has 0 saturated carbocycles. The lowest BCUT2D eigenvalue weighted by Gasteiger charge is -2.23. The molecule has 5 aromatic rings. The third kappa shape index (κ3) is 15.2. The highest BCUT2D eigenvalue weighted by molar-refractivity contribution is 5.83. The number of carbonyl (C=O) groups is 4. The van der Waals surface area contributed by atoms with Crippen LogP contribution in [0.2, 0.25) is 0 Å². The Morgan fingerprint density at radius 3 is 1.81 bits per heavy atom. The average molecular weight is 803 g/mol. The number of alkyl carbamates (subject to hydrolysis) is 2. The third-order valence-electron chi connectivity index (χ3n) is 8.83. The molecule has 1 saturated heterocycles. The van der Waals surface area contributed by atoms with Crippen LogP contribution in [0.1, 0.15) is 74.8 Å². The van der Waals surface area contributed by atoms with Gasteiger partial charge >= 0.3 is 12.2 Å². The molecular weight excluding hydrogens is 749 g/mol. The standard InChI is InChI=1S/C36H40N8O6.C6H6.C3H8/c1-49-35(47)40-22-32(45)37-18-4-3-7-31-38-20-28(42-31)26-14-10-24(11-15-26)8-9-25-12-16-27(17-13-25)29-21-39-34(43-29)30-6-5-19-44(30)33(46)23-41-36(48)50-2;1-2-4-6-5-3-1;1-3-2/h10-17,20-21,30H,3-7,18-19,22-23H2,1-2H3,(H,37,45)(H,38,42)(H,39,43)(H,40,47)(H,41,48);1-6H;3H2,1-2H3. The Morgan fingerprint density at radius 2 is 1.25 bits per heavy atom. The summed E-state index contributed by atoms with van der Waals surface area (Å²) in [4.78, 5) is 64.3. The molecule has 1 fully saturated rings. The highest BCUT2D eigenvalue weighted by Crippen LogP contribution is 2.31. The molecule has 1 atom stereocenters. The van der Waals surface area contributed by atoms with Gasteiger partial charge in [0.1, 0.15) is 18.2 Å². The zero-order chi connectivity index (χ0) is 42.2. The van der Waals surface area contributed by atoms with Gasteiger partial charge in [-0.05, 0) is 61.1 Å². The fraction of sp³-hybridized carbons (Fsp3) is 0.333. The predicted molar refractivity (Wildman–Crippen MR) is 227 cm³/mol. The number of amides is 4. The lowest BCUT2D eigenvalue weighted by Crippen LogP contribution is -2.40. The minimum Gasteiger partial charge on any atom is -0.453 e. The SMILES string of the molecule is CCC.COC(=O)NCC(=O)NCCCCc1ncc(-c2ccc(C#Cc3ccc(-c4cnc(C5CCCN5C(=O)CNC(=O)OC)[nH]4)cc3)cc2)[nH]1.c1ccccc1. The Labute approximate surface area is 345 Å². The van der Waals surface area contributed by atoms with Crippen LogP contribution in [0.3, 0.4) is 0 Å². The second-order valence-electron chi connectivity index (χ2n) is 13.4. The monoisotopic (exact) mass is 802 g/mol. The number of likely N-dealkylation sites (tertiary alicyclic amines) is 1. The van der Waals surface area contributed by atoms with E-state index in [1.807, 2.05) is 91.1 Å². The molecule has 5 N–H and O–H groups in total. The first-order chi connectivity index (χ1) is 28.7. The maximum Gasteiger partial charge on any atom is 0.407 e. The van der Waals surface area contributed by atoms with Gasteiger partial charge < -0.3 is 40.3 Å². The van der Waals surface area contributed by atoms with Crippen LogP contribution in [0.4, 0.5) is 9.59 Å². The van der Waals surface area contributed by atoms with Crippen LogP contribution >= 0.6 is 0 Å². The van der Waals surface area contributed by atoms with Gasteiger partial charge in [0.25, 0.3) is 0 Å². The van der Waals surface area contributed by atoms with Crippen molar-refractivity contribution >= 4 is 24.0 Å². The van der Waals surface area contributed by atoms with Crippen LogP contribution < -0.4 is 16.0 Å². The average Bonchev–Trinajstić information content (AvgIpc) is 4.07. The largest absolute Gasteiger partial charge is 0.453 e. The van der Waals surface area contributed by atoms with Crippen LogP contribution in [0.25, 0.3) is 22.5 Å². The Balaban J connectivity index is 0.000000762. The molecule has 2 aromatic heterocycles. The molecule has 1 aliphatic rings. The van der Waals surface area contributed by atoms with E-state index in [9.17, 15) is 19.2 Å². The third-order valence-corrected chi connectivity index (χ3v) is 8.83. The summed E-state index contributed by atoms with van der Waals surface area (Å²) in [5.74, 6) is 7.59. The number of aryl methyl sites for hydroxylation is 1. The second kappa shape index (κ2) is 24.7. The molecule has 4 amide bonds. The van der Waals surface area contributed by atoms with Gasteiger partial charge in [-0.15, -0.1) is 0 Å². The number of aromatic amines is 2. The van der Waals surface area contributed by atoms with E-state index in [2.05, 4.69) is 71.0 Å². The number of unbranched alkanes of at least 4 members (excludes halogenated alkanes) is 1. The zero-order valence-corrected chi connectivity index (χ0v) is 34.2. The summed E-state index contributed by atoms with van der Waals surface area (Å²) in [5.41, 5.74) is 5.49. The molecule has 0 radical (unpaired) electrons. The molecule has 310 valence electrons. The van der Waals surface area contributed by atoms with Crippen LogP contribution in [0.15, 0.2) is 97.3 Å². The number of rotatable bonds is 12. The van der Waals surface area contributed by atoms with E-state index < -0.39 is 12.2 Å². The number of hydrogen-bond donors (Lipinski definition) is 5. The molecule has 14 nitrogen and oxygen atoms in total. The van der Waals surface area contributed by atoms with Crippen LogP contribution in [0.5, 0.6) is 0 Å². The van der Waals surface area contributed by atoms with Gasteiger partial charge in [0.05, 0.1) is 50.6 Å². The number of ether oxygens (including phenoxy) is 2. The molecular formula is C45H54N8O6. The van der Waals surface area contributed by atoms with Crippen molar-refractivity contribution in [2.24, 2.45) is 0 Å². The number of imidazole rings is 2. The van der Waals surface area contributed by atoms with Crippen molar-refractivity contribution < 1.29 is 28.7 Å².